The van der Waals surface area contributed by atoms with Gasteiger partial charge in [-0.05, 0) is 61.4 Å². The minimum atomic E-state index is -3.58. The number of methoxy groups -OCH3 is 1. The predicted octanol–water partition coefficient (Wildman–Crippen LogP) is 3.50. The molecule has 0 aliphatic carbocycles. The molecule has 178 valence electrons. The zero-order valence-electron chi connectivity index (χ0n) is 19.3. The van der Waals surface area contributed by atoms with Gasteiger partial charge >= 0.3 is 0 Å². The number of hydrogen-bond acceptors (Lipinski definition) is 5. The summed E-state index contributed by atoms with van der Waals surface area (Å²) in [4.78, 5) is 27.0. The highest BCUT2D eigenvalue weighted by atomic mass is 32.2. The summed E-state index contributed by atoms with van der Waals surface area (Å²) >= 11 is 0. The van der Waals surface area contributed by atoms with Crippen LogP contribution in [-0.2, 0) is 19.6 Å². The topological polar surface area (TPSA) is 96.0 Å². The molecule has 1 heterocycles. The van der Waals surface area contributed by atoms with Gasteiger partial charge in [0, 0.05) is 37.4 Å². The molecule has 0 radical (unpaired) electrons. The summed E-state index contributed by atoms with van der Waals surface area (Å²) in [6, 6.07) is 13.3. The predicted molar refractivity (Wildman–Crippen MR) is 128 cm³/mol. The molecule has 1 N–H and O–H groups in total. The summed E-state index contributed by atoms with van der Waals surface area (Å²) in [6.45, 7) is 5.11. The van der Waals surface area contributed by atoms with E-state index < -0.39 is 15.9 Å². The maximum absolute atomic E-state index is 12.9. The Balaban J connectivity index is 1.65. The Kier molecular flexibility index (Phi) is 8.10. The monoisotopic (exact) mass is 473 g/mol. The number of hydrogen-bond donors (Lipinski definition) is 1. The van der Waals surface area contributed by atoms with Crippen molar-refractivity contribution in [3.8, 4) is 5.75 Å². The molecule has 0 saturated carbocycles. The zero-order valence-corrected chi connectivity index (χ0v) is 20.1. The van der Waals surface area contributed by atoms with Crippen LogP contribution in [0.4, 0.5) is 11.4 Å². The van der Waals surface area contributed by atoms with E-state index in [-0.39, 0.29) is 29.7 Å². The first-order chi connectivity index (χ1) is 15.8. The fourth-order valence-electron chi connectivity index (χ4n) is 3.85. The number of carbonyl (C=O) groups excluding carboxylic acids is 2. The first kappa shape index (κ1) is 24.7. The van der Waals surface area contributed by atoms with Crippen LogP contribution >= 0.6 is 0 Å². The number of anilines is 2. The van der Waals surface area contributed by atoms with Crippen molar-refractivity contribution in [2.24, 2.45) is 5.92 Å². The Morgan fingerprint density at radius 1 is 1.06 bits per heavy atom. The Morgan fingerprint density at radius 2 is 1.67 bits per heavy atom. The molecule has 33 heavy (non-hydrogen) atoms. The average molecular weight is 474 g/mol. The van der Waals surface area contributed by atoms with E-state index in [1.807, 2.05) is 13.8 Å². The van der Waals surface area contributed by atoms with E-state index in [4.69, 9.17) is 4.74 Å². The van der Waals surface area contributed by atoms with Gasteiger partial charge in [0.2, 0.25) is 21.8 Å². The highest BCUT2D eigenvalue weighted by molar-refractivity contribution is 7.89. The maximum atomic E-state index is 12.9. The third kappa shape index (κ3) is 5.72. The van der Waals surface area contributed by atoms with Crippen LogP contribution < -0.4 is 15.0 Å². The van der Waals surface area contributed by atoms with Crippen LogP contribution in [0.5, 0.6) is 5.75 Å². The van der Waals surface area contributed by atoms with E-state index in [1.54, 1.807) is 48.4 Å². The third-order valence-corrected chi connectivity index (χ3v) is 7.50. The van der Waals surface area contributed by atoms with Gasteiger partial charge in [-0.25, -0.2) is 8.42 Å². The highest BCUT2D eigenvalue weighted by Crippen LogP contribution is 2.28. The number of carbonyl (C=O) groups is 2. The standard InChI is InChI=1S/C24H31N3O5S/c1-4-14-26(15-5-2)33(30,31)22-12-6-19(7-13-22)25-24(29)18-16-23(28)27(17-18)20-8-10-21(32-3)11-9-20/h6-13,18H,4-5,14-17H2,1-3H3,(H,25,29)/t18-/m0/s1. The molecule has 8 nitrogen and oxygen atoms in total. The molecule has 9 heteroatoms. The van der Waals surface area contributed by atoms with Crippen molar-refractivity contribution in [1.29, 1.82) is 0 Å². The molecule has 1 fully saturated rings. The normalized spacial score (nSPS) is 16.3. The summed E-state index contributed by atoms with van der Waals surface area (Å²) in [5.41, 5.74) is 1.21. The first-order valence-corrected chi connectivity index (χ1v) is 12.6. The second-order valence-electron chi connectivity index (χ2n) is 8.02. The lowest BCUT2D eigenvalue weighted by Gasteiger charge is -2.21. The van der Waals surface area contributed by atoms with Crippen LogP contribution in [0.25, 0.3) is 0 Å². The largest absolute Gasteiger partial charge is 0.497 e. The van der Waals surface area contributed by atoms with E-state index in [0.29, 0.717) is 24.5 Å². The number of nitrogens with one attached hydrogen (secondary N) is 1. The molecule has 2 amide bonds. The maximum Gasteiger partial charge on any atom is 0.243 e. The molecule has 1 aliphatic heterocycles. The van der Waals surface area contributed by atoms with Gasteiger partial charge < -0.3 is 15.0 Å². The minimum Gasteiger partial charge on any atom is -0.497 e. The fourth-order valence-corrected chi connectivity index (χ4v) is 5.47. The van der Waals surface area contributed by atoms with Gasteiger partial charge in [0.25, 0.3) is 0 Å². The number of rotatable bonds is 10. The highest BCUT2D eigenvalue weighted by Gasteiger charge is 2.35. The lowest BCUT2D eigenvalue weighted by Crippen LogP contribution is -2.32. The number of amides is 2. The van der Waals surface area contributed by atoms with Gasteiger partial charge in [-0.3, -0.25) is 9.59 Å². The summed E-state index contributed by atoms with van der Waals surface area (Å²) in [7, 11) is -2.00. The van der Waals surface area contributed by atoms with Crippen molar-refractivity contribution in [1.82, 2.24) is 4.31 Å². The van der Waals surface area contributed by atoms with Gasteiger partial charge in [-0.15, -0.1) is 0 Å². The van der Waals surface area contributed by atoms with E-state index >= 15 is 0 Å². The molecule has 1 saturated heterocycles. The summed E-state index contributed by atoms with van der Waals surface area (Å²) in [6.07, 6.45) is 1.59. The zero-order chi connectivity index (χ0) is 24.0. The van der Waals surface area contributed by atoms with Crippen molar-refractivity contribution in [3.63, 3.8) is 0 Å². The quantitative estimate of drug-likeness (QED) is 0.570. The van der Waals surface area contributed by atoms with Crippen molar-refractivity contribution < 1.29 is 22.7 Å². The molecule has 0 unspecified atom stereocenters. The van der Waals surface area contributed by atoms with Gasteiger partial charge in [-0.2, -0.15) is 4.31 Å². The molecular weight excluding hydrogens is 442 g/mol. The third-order valence-electron chi connectivity index (χ3n) is 5.59. The molecule has 0 bridgehead atoms. The Bertz CT molecular complexity index is 1060. The molecule has 1 aliphatic rings. The molecule has 0 spiro atoms. The van der Waals surface area contributed by atoms with Gasteiger partial charge in [0.05, 0.1) is 17.9 Å². The molecule has 3 rings (SSSR count). The van der Waals surface area contributed by atoms with E-state index in [2.05, 4.69) is 5.32 Å². The Morgan fingerprint density at radius 3 is 2.21 bits per heavy atom. The van der Waals surface area contributed by atoms with Gasteiger partial charge in [0.15, 0.2) is 0 Å². The number of nitrogens with zero attached hydrogens (tertiary/aromatic N) is 2. The fraction of sp³-hybridized carbons (Fsp3) is 0.417. The summed E-state index contributed by atoms with van der Waals surface area (Å²) < 4.78 is 32.4. The Labute approximate surface area is 195 Å². The van der Waals surface area contributed by atoms with E-state index in [1.165, 1.54) is 16.4 Å². The van der Waals surface area contributed by atoms with Crippen molar-refractivity contribution in [2.45, 2.75) is 38.0 Å². The molecular formula is C24H31N3O5S. The smallest absolute Gasteiger partial charge is 0.243 e. The van der Waals surface area contributed by atoms with Crippen molar-refractivity contribution in [2.75, 3.05) is 37.0 Å². The van der Waals surface area contributed by atoms with Crippen LogP contribution in [0.3, 0.4) is 0 Å². The molecule has 2 aromatic rings. The van der Waals surface area contributed by atoms with Crippen LogP contribution in [0.2, 0.25) is 0 Å². The lowest BCUT2D eigenvalue weighted by molar-refractivity contribution is -0.122. The van der Waals surface area contributed by atoms with Crippen LogP contribution in [0.1, 0.15) is 33.1 Å². The summed E-state index contributed by atoms with van der Waals surface area (Å²) in [5.74, 6) is -0.187. The molecule has 2 aromatic carbocycles. The number of ether oxygens (including phenoxy) is 1. The van der Waals surface area contributed by atoms with Crippen molar-refractivity contribution in [3.05, 3.63) is 48.5 Å². The SMILES string of the molecule is CCCN(CCC)S(=O)(=O)c1ccc(NC(=O)[C@H]2CC(=O)N(c3ccc(OC)cc3)C2)cc1. The first-order valence-electron chi connectivity index (χ1n) is 11.2. The number of sulfonamides is 1. The second-order valence-corrected chi connectivity index (χ2v) is 9.96. The van der Waals surface area contributed by atoms with Crippen LogP contribution in [0.15, 0.2) is 53.4 Å². The van der Waals surface area contributed by atoms with E-state index in [9.17, 15) is 18.0 Å². The Hall–Kier alpha value is -2.91. The summed E-state index contributed by atoms with van der Waals surface area (Å²) in [5, 5.41) is 2.81. The lowest BCUT2D eigenvalue weighted by atomic mass is 10.1. The van der Waals surface area contributed by atoms with Crippen LogP contribution in [-0.4, -0.2) is 51.3 Å². The minimum absolute atomic E-state index is 0.117. The second kappa shape index (κ2) is 10.8. The van der Waals surface area contributed by atoms with Crippen molar-refractivity contribution >= 4 is 33.2 Å². The van der Waals surface area contributed by atoms with Gasteiger partial charge in [0.1, 0.15) is 5.75 Å². The molecule has 0 aromatic heterocycles. The average Bonchev–Trinajstić information content (AvgIpc) is 3.21. The molecule has 1 atom stereocenters. The van der Waals surface area contributed by atoms with E-state index in [0.717, 1.165) is 18.5 Å². The van der Waals surface area contributed by atoms with Crippen LogP contribution in [0, 0.1) is 5.92 Å². The number of benzene rings is 2. The van der Waals surface area contributed by atoms with Gasteiger partial charge in [-0.1, -0.05) is 13.8 Å².